The lowest BCUT2D eigenvalue weighted by Crippen LogP contribution is -2.33. The lowest BCUT2D eigenvalue weighted by atomic mass is 10.1. The molecule has 1 fully saturated rings. The lowest BCUT2D eigenvalue weighted by Gasteiger charge is -2.16. The van der Waals surface area contributed by atoms with Gasteiger partial charge in [0.05, 0.1) is 5.92 Å². The molecule has 0 bridgehead atoms. The van der Waals surface area contributed by atoms with Crippen LogP contribution in [0.25, 0.3) is 0 Å². The molecule has 1 saturated heterocycles. The van der Waals surface area contributed by atoms with Crippen molar-refractivity contribution in [3.8, 4) is 0 Å². The number of amides is 2. The molecule has 1 atom stereocenters. The third kappa shape index (κ3) is 4.27. The summed E-state index contributed by atoms with van der Waals surface area (Å²) >= 11 is 0. The summed E-state index contributed by atoms with van der Waals surface area (Å²) < 4.78 is 18.4. The summed E-state index contributed by atoms with van der Waals surface area (Å²) in [7, 11) is 1.62. The van der Waals surface area contributed by atoms with Crippen LogP contribution in [0.4, 0.5) is 4.39 Å². The minimum Gasteiger partial charge on any atom is -0.385 e. The topological polar surface area (TPSA) is 58.6 Å². The third-order valence-electron chi connectivity index (χ3n) is 3.77. The van der Waals surface area contributed by atoms with Gasteiger partial charge in [-0.2, -0.15) is 0 Å². The van der Waals surface area contributed by atoms with E-state index in [-0.39, 0.29) is 36.5 Å². The second kappa shape index (κ2) is 7.89. The monoisotopic (exact) mass is 308 g/mol. The highest BCUT2D eigenvalue weighted by Crippen LogP contribution is 2.18. The molecule has 1 unspecified atom stereocenters. The first-order valence-corrected chi connectivity index (χ1v) is 7.39. The van der Waals surface area contributed by atoms with Crippen molar-refractivity contribution in [3.05, 3.63) is 35.6 Å². The molecule has 22 heavy (non-hydrogen) atoms. The maximum absolute atomic E-state index is 13.5. The average molecular weight is 308 g/mol. The van der Waals surface area contributed by atoms with Crippen LogP contribution in [-0.2, 0) is 20.9 Å². The molecule has 5 nitrogen and oxygen atoms in total. The average Bonchev–Trinajstić information content (AvgIpc) is 2.88. The quantitative estimate of drug-likeness (QED) is 0.773. The van der Waals surface area contributed by atoms with Crippen molar-refractivity contribution in [2.45, 2.75) is 19.4 Å². The summed E-state index contributed by atoms with van der Waals surface area (Å²) in [5.74, 6) is -0.915. The number of likely N-dealkylation sites (tertiary alicyclic amines) is 1. The Bertz CT molecular complexity index is 536. The number of benzene rings is 1. The minimum absolute atomic E-state index is 0.0119. The fraction of sp³-hybridized carbons (Fsp3) is 0.500. The summed E-state index contributed by atoms with van der Waals surface area (Å²) in [4.78, 5) is 25.7. The second-order valence-electron chi connectivity index (χ2n) is 5.40. The highest BCUT2D eigenvalue weighted by molar-refractivity contribution is 5.89. The van der Waals surface area contributed by atoms with Crippen molar-refractivity contribution in [1.82, 2.24) is 10.2 Å². The Labute approximate surface area is 129 Å². The first-order valence-electron chi connectivity index (χ1n) is 7.39. The van der Waals surface area contributed by atoms with Gasteiger partial charge in [-0.15, -0.1) is 0 Å². The predicted octanol–water partition coefficient (Wildman–Crippen LogP) is 1.33. The fourth-order valence-electron chi connectivity index (χ4n) is 2.53. The Morgan fingerprint density at radius 3 is 2.95 bits per heavy atom. The Morgan fingerprint density at radius 1 is 1.45 bits per heavy atom. The zero-order valence-corrected chi connectivity index (χ0v) is 12.7. The molecule has 1 aromatic carbocycles. The molecule has 120 valence electrons. The van der Waals surface area contributed by atoms with Crippen molar-refractivity contribution >= 4 is 11.8 Å². The number of carbonyl (C=O) groups excluding carboxylic acids is 2. The summed E-state index contributed by atoms with van der Waals surface area (Å²) in [5, 5.41) is 2.71. The number of rotatable bonds is 7. The number of halogens is 1. The number of nitrogens with zero attached hydrogens (tertiary/aromatic N) is 1. The molecule has 0 radical (unpaired) electrons. The van der Waals surface area contributed by atoms with Crippen LogP contribution in [0.3, 0.4) is 0 Å². The summed E-state index contributed by atoms with van der Waals surface area (Å²) in [6.45, 7) is 1.75. The van der Waals surface area contributed by atoms with E-state index in [1.165, 1.54) is 6.07 Å². The summed E-state index contributed by atoms with van der Waals surface area (Å²) in [6, 6.07) is 6.32. The highest BCUT2D eigenvalue weighted by Gasteiger charge is 2.33. The molecule has 6 heteroatoms. The Morgan fingerprint density at radius 2 is 2.23 bits per heavy atom. The van der Waals surface area contributed by atoms with Crippen molar-refractivity contribution in [2.24, 2.45) is 5.92 Å². The van der Waals surface area contributed by atoms with Gasteiger partial charge < -0.3 is 15.0 Å². The number of hydrogen-bond acceptors (Lipinski definition) is 3. The predicted molar refractivity (Wildman–Crippen MR) is 79.4 cm³/mol. The highest BCUT2D eigenvalue weighted by atomic mass is 19.1. The van der Waals surface area contributed by atoms with E-state index in [1.54, 1.807) is 30.2 Å². The molecule has 1 aliphatic rings. The van der Waals surface area contributed by atoms with E-state index in [9.17, 15) is 14.0 Å². The molecule has 2 amide bonds. The van der Waals surface area contributed by atoms with E-state index in [0.29, 0.717) is 25.3 Å². The van der Waals surface area contributed by atoms with Gasteiger partial charge in [0.1, 0.15) is 5.82 Å². The van der Waals surface area contributed by atoms with E-state index in [0.717, 1.165) is 6.42 Å². The van der Waals surface area contributed by atoms with Gasteiger partial charge in [0, 0.05) is 45.3 Å². The largest absolute Gasteiger partial charge is 0.385 e. The van der Waals surface area contributed by atoms with Gasteiger partial charge >= 0.3 is 0 Å². The van der Waals surface area contributed by atoms with Crippen molar-refractivity contribution in [2.75, 3.05) is 26.8 Å². The van der Waals surface area contributed by atoms with Crippen LogP contribution in [-0.4, -0.2) is 43.5 Å². The van der Waals surface area contributed by atoms with Crippen LogP contribution < -0.4 is 5.32 Å². The molecule has 0 aromatic heterocycles. The zero-order chi connectivity index (χ0) is 15.9. The third-order valence-corrected chi connectivity index (χ3v) is 3.77. The maximum Gasteiger partial charge on any atom is 0.225 e. The van der Waals surface area contributed by atoms with Crippen LogP contribution in [0.1, 0.15) is 18.4 Å². The number of carbonyl (C=O) groups is 2. The van der Waals surface area contributed by atoms with E-state index in [1.807, 2.05) is 0 Å². The molecule has 1 aliphatic heterocycles. The van der Waals surface area contributed by atoms with Crippen LogP contribution in [0.15, 0.2) is 24.3 Å². The molecular weight excluding hydrogens is 287 g/mol. The standard InChI is InChI=1S/C16H21FN2O3/c1-22-8-4-7-19-11-13(9-15(19)20)16(21)18-10-12-5-2-3-6-14(12)17/h2-3,5-6,13H,4,7-11H2,1H3,(H,18,21). The van der Waals surface area contributed by atoms with E-state index in [2.05, 4.69) is 5.32 Å². The Hall–Kier alpha value is -1.95. The second-order valence-corrected chi connectivity index (χ2v) is 5.40. The van der Waals surface area contributed by atoms with Crippen molar-refractivity contribution in [3.63, 3.8) is 0 Å². The van der Waals surface area contributed by atoms with Gasteiger partial charge in [-0.25, -0.2) is 4.39 Å². The van der Waals surface area contributed by atoms with E-state index < -0.39 is 0 Å². The number of nitrogens with one attached hydrogen (secondary N) is 1. The number of hydrogen-bond donors (Lipinski definition) is 1. The fourth-order valence-corrected chi connectivity index (χ4v) is 2.53. The van der Waals surface area contributed by atoms with Gasteiger partial charge in [0.2, 0.25) is 11.8 Å². The lowest BCUT2D eigenvalue weighted by molar-refractivity contribution is -0.129. The van der Waals surface area contributed by atoms with Crippen LogP contribution >= 0.6 is 0 Å². The minimum atomic E-state index is -0.359. The SMILES string of the molecule is COCCCN1CC(C(=O)NCc2ccccc2F)CC1=O. The smallest absolute Gasteiger partial charge is 0.225 e. The molecule has 2 rings (SSSR count). The van der Waals surface area contributed by atoms with Gasteiger partial charge in [-0.3, -0.25) is 9.59 Å². The van der Waals surface area contributed by atoms with Crippen LogP contribution in [0, 0.1) is 11.7 Å². The number of methoxy groups -OCH3 is 1. The van der Waals surface area contributed by atoms with Crippen molar-refractivity contribution < 1.29 is 18.7 Å². The van der Waals surface area contributed by atoms with Gasteiger partial charge in [0.25, 0.3) is 0 Å². The summed E-state index contributed by atoms with van der Waals surface area (Å²) in [5.41, 5.74) is 0.442. The zero-order valence-electron chi connectivity index (χ0n) is 12.7. The maximum atomic E-state index is 13.5. The van der Waals surface area contributed by atoms with Crippen molar-refractivity contribution in [1.29, 1.82) is 0 Å². The summed E-state index contributed by atoms with van der Waals surface area (Å²) in [6.07, 6.45) is 0.974. The van der Waals surface area contributed by atoms with E-state index >= 15 is 0 Å². The Kier molecular flexibility index (Phi) is 5.89. The molecular formula is C16H21FN2O3. The van der Waals surface area contributed by atoms with Gasteiger partial charge in [0.15, 0.2) is 0 Å². The van der Waals surface area contributed by atoms with Gasteiger partial charge in [-0.05, 0) is 12.5 Å². The van der Waals surface area contributed by atoms with Crippen LogP contribution in [0.2, 0.25) is 0 Å². The normalized spacial score (nSPS) is 17.8. The van der Waals surface area contributed by atoms with Crippen LogP contribution in [0.5, 0.6) is 0 Å². The van der Waals surface area contributed by atoms with Gasteiger partial charge in [-0.1, -0.05) is 18.2 Å². The first kappa shape index (κ1) is 16.4. The Balaban J connectivity index is 1.81. The molecule has 1 aromatic rings. The number of ether oxygens (including phenoxy) is 1. The molecule has 0 saturated carbocycles. The molecule has 1 heterocycles. The van der Waals surface area contributed by atoms with E-state index in [4.69, 9.17) is 4.74 Å². The molecule has 0 spiro atoms. The first-order chi connectivity index (χ1) is 10.6. The molecule has 0 aliphatic carbocycles. The molecule has 1 N–H and O–H groups in total.